The van der Waals surface area contributed by atoms with E-state index in [1.54, 1.807) is 0 Å². The lowest BCUT2D eigenvalue weighted by Crippen LogP contribution is -2.52. The van der Waals surface area contributed by atoms with Crippen LogP contribution in [-0.2, 0) is 4.79 Å². The van der Waals surface area contributed by atoms with E-state index in [-0.39, 0.29) is 12.6 Å². The van der Waals surface area contributed by atoms with Crippen LogP contribution in [0.25, 0.3) is 0 Å². The van der Waals surface area contributed by atoms with Gasteiger partial charge in [0.2, 0.25) is 0 Å². The van der Waals surface area contributed by atoms with Crippen molar-refractivity contribution < 1.29 is 14.7 Å². The fourth-order valence-electron chi connectivity index (χ4n) is 1.90. The number of piperidine rings is 1. The van der Waals surface area contributed by atoms with E-state index < -0.39 is 5.97 Å². The van der Waals surface area contributed by atoms with Crippen LogP contribution in [-0.4, -0.2) is 53.2 Å². The fourth-order valence-corrected chi connectivity index (χ4v) is 1.90. The third-order valence-electron chi connectivity index (χ3n) is 2.72. The number of nitrogens with zero attached hydrogens (tertiary/aromatic N) is 2. The Bertz CT molecular complexity index is 265. The minimum atomic E-state index is -0.979. The highest BCUT2D eigenvalue weighted by molar-refractivity contribution is 5.79. The van der Waals surface area contributed by atoms with Gasteiger partial charge in [0, 0.05) is 19.6 Å². The average molecular weight is 243 g/mol. The minimum Gasteiger partial charge on any atom is -0.480 e. The van der Waals surface area contributed by atoms with Gasteiger partial charge in [-0.05, 0) is 19.3 Å². The van der Waals surface area contributed by atoms with Gasteiger partial charge in [0.05, 0.1) is 0 Å². The molecule has 1 fully saturated rings. The zero-order valence-electron chi connectivity index (χ0n) is 10.3. The van der Waals surface area contributed by atoms with E-state index in [1.807, 2.05) is 11.9 Å². The number of carboxylic acids is 1. The molecule has 0 unspecified atom stereocenters. The Labute approximate surface area is 102 Å². The van der Waals surface area contributed by atoms with Gasteiger partial charge in [0.1, 0.15) is 6.54 Å². The van der Waals surface area contributed by atoms with Crippen LogP contribution in [0.2, 0.25) is 0 Å². The van der Waals surface area contributed by atoms with Crippen LogP contribution in [0, 0.1) is 0 Å². The second-order valence-corrected chi connectivity index (χ2v) is 4.28. The third-order valence-corrected chi connectivity index (χ3v) is 2.72. The molecule has 0 spiro atoms. The average Bonchev–Trinajstić information content (AvgIpc) is 2.29. The van der Waals surface area contributed by atoms with Gasteiger partial charge in [-0.15, -0.1) is 0 Å². The molecule has 1 aliphatic rings. The lowest BCUT2D eigenvalue weighted by molar-refractivity contribution is -0.137. The number of aliphatic carboxylic acids is 1. The van der Waals surface area contributed by atoms with Crippen LogP contribution >= 0.6 is 0 Å². The molecule has 98 valence electrons. The van der Waals surface area contributed by atoms with Crippen molar-refractivity contribution in [3.63, 3.8) is 0 Å². The predicted molar refractivity (Wildman–Crippen MR) is 63.5 cm³/mol. The summed E-state index contributed by atoms with van der Waals surface area (Å²) in [4.78, 5) is 23.8. The van der Waals surface area contributed by atoms with E-state index in [4.69, 9.17) is 5.11 Å². The van der Waals surface area contributed by atoms with Crippen molar-refractivity contribution in [2.24, 2.45) is 0 Å². The molecule has 0 aromatic rings. The zero-order chi connectivity index (χ0) is 12.7. The van der Waals surface area contributed by atoms with Gasteiger partial charge in [-0.2, -0.15) is 0 Å². The summed E-state index contributed by atoms with van der Waals surface area (Å²) in [6.07, 6.45) is 4.10. The molecule has 0 atom stereocenters. The maximum atomic E-state index is 11.8. The van der Waals surface area contributed by atoms with E-state index in [0.717, 1.165) is 32.4 Å². The summed E-state index contributed by atoms with van der Waals surface area (Å²) in [5, 5.41) is 10.6. The minimum absolute atomic E-state index is 0.243. The number of carbonyl (C=O) groups is 2. The zero-order valence-corrected chi connectivity index (χ0v) is 10.3. The van der Waals surface area contributed by atoms with Crippen molar-refractivity contribution in [3.8, 4) is 0 Å². The van der Waals surface area contributed by atoms with Crippen molar-refractivity contribution in [1.82, 2.24) is 15.3 Å². The molecular weight excluding hydrogens is 222 g/mol. The Morgan fingerprint density at radius 3 is 2.47 bits per heavy atom. The van der Waals surface area contributed by atoms with Gasteiger partial charge >= 0.3 is 12.0 Å². The SMILES string of the molecule is CCCN(CC(=O)O)C(=O)NN1CCCCC1. The van der Waals surface area contributed by atoms with Gasteiger partial charge in [0.25, 0.3) is 0 Å². The first-order valence-electron chi connectivity index (χ1n) is 6.15. The normalized spacial score (nSPS) is 16.5. The van der Waals surface area contributed by atoms with Crippen LogP contribution in [0.15, 0.2) is 0 Å². The molecule has 1 rings (SSSR count). The molecule has 17 heavy (non-hydrogen) atoms. The largest absolute Gasteiger partial charge is 0.480 e. The summed E-state index contributed by atoms with van der Waals surface area (Å²) < 4.78 is 0. The molecule has 0 aromatic carbocycles. The van der Waals surface area contributed by atoms with E-state index in [9.17, 15) is 9.59 Å². The smallest absolute Gasteiger partial charge is 0.332 e. The molecule has 1 saturated heterocycles. The summed E-state index contributed by atoms with van der Waals surface area (Å²) in [5.41, 5.74) is 2.77. The molecule has 1 aliphatic heterocycles. The first-order chi connectivity index (χ1) is 8.13. The Morgan fingerprint density at radius 2 is 1.94 bits per heavy atom. The topological polar surface area (TPSA) is 72.9 Å². The third kappa shape index (κ3) is 5.04. The number of nitrogens with one attached hydrogen (secondary N) is 1. The number of hydrazine groups is 1. The highest BCUT2D eigenvalue weighted by Gasteiger charge is 2.19. The standard InChI is InChI=1S/C11H21N3O3/c1-2-6-13(9-10(15)16)11(17)12-14-7-4-3-5-8-14/h2-9H2,1H3,(H,12,17)(H,15,16). The molecule has 0 aliphatic carbocycles. The number of carbonyl (C=O) groups excluding carboxylic acids is 1. The Hall–Kier alpha value is -1.30. The number of urea groups is 1. The van der Waals surface area contributed by atoms with Crippen LogP contribution < -0.4 is 5.43 Å². The molecule has 0 aromatic heterocycles. The molecule has 0 saturated carbocycles. The molecule has 2 amide bonds. The summed E-state index contributed by atoms with van der Waals surface area (Å²) >= 11 is 0. The Morgan fingerprint density at radius 1 is 1.29 bits per heavy atom. The monoisotopic (exact) mass is 243 g/mol. The number of carboxylic acid groups (broad SMARTS) is 1. The second-order valence-electron chi connectivity index (χ2n) is 4.28. The summed E-state index contributed by atoms with van der Waals surface area (Å²) in [5.74, 6) is -0.979. The summed E-state index contributed by atoms with van der Waals surface area (Å²) in [6.45, 7) is 3.83. The second kappa shape index (κ2) is 7.11. The van der Waals surface area contributed by atoms with Crippen LogP contribution in [0.1, 0.15) is 32.6 Å². The summed E-state index contributed by atoms with van der Waals surface area (Å²) in [6, 6.07) is -0.309. The van der Waals surface area contributed by atoms with Crippen molar-refractivity contribution in [2.45, 2.75) is 32.6 Å². The van der Waals surface area contributed by atoms with Crippen LogP contribution in [0.4, 0.5) is 4.79 Å². The molecule has 0 bridgehead atoms. The molecule has 1 heterocycles. The fraction of sp³-hybridized carbons (Fsp3) is 0.818. The van der Waals surface area contributed by atoms with E-state index in [1.165, 1.54) is 11.3 Å². The number of hydrogen-bond acceptors (Lipinski definition) is 3. The number of rotatable bonds is 5. The highest BCUT2D eigenvalue weighted by atomic mass is 16.4. The maximum Gasteiger partial charge on any atom is 0.332 e. The lowest BCUT2D eigenvalue weighted by atomic mass is 10.2. The Kier molecular flexibility index (Phi) is 5.76. The number of amides is 2. The number of hydrogen-bond donors (Lipinski definition) is 2. The van der Waals surface area contributed by atoms with Gasteiger partial charge in [-0.3, -0.25) is 10.2 Å². The van der Waals surface area contributed by atoms with Crippen molar-refractivity contribution >= 4 is 12.0 Å². The van der Waals surface area contributed by atoms with Crippen molar-refractivity contribution in [2.75, 3.05) is 26.2 Å². The predicted octanol–water partition coefficient (Wildman–Crippen LogP) is 0.893. The highest BCUT2D eigenvalue weighted by Crippen LogP contribution is 2.06. The van der Waals surface area contributed by atoms with Gasteiger partial charge < -0.3 is 10.0 Å². The molecule has 2 N–H and O–H groups in total. The molecular formula is C11H21N3O3. The van der Waals surface area contributed by atoms with E-state index >= 15 is 0 Å². The summed E-state index contributed by atoms with van der Waals surface area (Å²) in [7, 11) is 0. The molecule has 6 nitrogen and oxygen atoms in total. The lowest BCUT2D eigenvalue weighted by Gasteiger charge is -2.30. The van der Waals surface area contributed by atoms with Crippen LogP contribution in [0.5, 0.6) is 0 Å². The van der Waals surface area contributed by atoms with Gasteiger partial charge in [-0.1, -0.05) is 13.3 Å². The Balaban J connectivity index is 2.42. The van der Waals surface area contributed by atoms with E-state index in [2.05, 4.69) is 5.43 Å². The first-order valence-corrected chi connectivity index (χ1v) is 6.15. The first kappa shape index (κ1) is 13.8. The van der Waals surface area contributed by atoms with Crippen LogP contribution in [0.3, 0.4) is 0 Å². The maximum absolute atomic E-state index is 11.8. The van der Waals surface area contributed by atoms with E-state index in [0.29, 0.717) is 6.54 Å². The molecule has 6 heteroatoms. The van der Waals surface area contributed by atoms with Gasteiger partial charge in [-0.25, -0.2) is 9.80 Å². The van der Waals surface area contributed by atoms with Gasteiger partial charge in [0.15, 0.2) is 0 Å². The quantitative estimate of drug-likeness (QED) is 0.752. The molecule has 0 radical (unpaired) electrons. The van der Waals surface area contributed by atoms with Crippen molar-refractivity contribution in [1.29, 1.82) is 0 Å². The van der Waals surface area contributed by atoms with Crippen molar-refractivity contribution in [3.05, 3.63) is 0 Å².